The second kappa shape index (κ2) is 9.65. The summed E-state index contributed by atoms with van der Waals surface area (Å²) >= 11 is 0. The molecular formula is C26H28N6O2. The van der Waals surface area contributed by atoms with Crippen LogP contribution < -0.4 is 5.32 Å². The molecule has 1 aromatic carbocycles. The molecule has 5 rings (SSSR count). The van der Waals surface area contributed by atoms with Gasteiger partial charge in [0.05, 0.1) is 30.3 Å². The largest absolute Gasteiger partial charge is 0.387 e. The summed E-state index contributed by atoms with van der Waals surface area (Å²) in [5.41, 5.74) is 3.35. The maximum Gasteiger partial charge on any atom is 0.227 e. The first-order chi connectivity index (χ1) is 16.6. The molecular weight excluding hydrogens is 428 g/mol. The Hall–Kier alpha value is -3.70. The lowest BCUT2D eigenvalue weighted by Gasteiger charge is -2.30. The van der Waals surface area contributed by atoms with Gasteiger partial charge in [0.15, 0.2) is 0 Å². The lowest BCUT2D eigenvalue weighted by Crippen LogP contribution is -2.31. The molecule has 1 fully saturated rings. The summed E-state index contributed by atoms with van der Waals surface area (Å²) in [5.74, 6) is 0.972. The van der Waals surface area contributed by atoms with Crippen LogP contribution in [0.4, 0.5) is 0 Å². The third kappa shape index (κ3) is 4.39. The Morgan fingerprint density at radius 3 is 2.79 bits per heavy atom. The standard InChI is InChI=1S/C26H28N6O2/c27-12-10-17-6-8-19(9-7-17)32-23(31-21-15-30-26-20(25(21)32)11-13-28-26)14-24(34)29-16-22(33)18-4-2-1-3-5-18/h1-5,11,13,15,17,19,22,33H,6-10,14,16H2,(H,28,30)(H,29,34). The smallest absolute Gasteiger partial charge is 0.227 e. The third-order valence-electron chi connectivity index (χ3n) is 6.86. The molecule has 1 amide bonds. The van der Waals surface area contributed by atoms with Gasteiger partial charge in [0, 0.05) is 30.6 Å². The predicted octanol–water partition coefficient (Wildman–Crippen LogP) is 3.95. The second-order valence-electron chi connectivity index (χ2n) is 9.07. The Balaban J connectivity index is 1.40. The van der Waals surface area contributed by atoms with Crippen molar-refractivity contribution in [1.82, 2.24) is 24.8 Å². The van der Waals surface area contributed by atoms with E-state index in [9.17, 15) is 9.90 Å². The zero-order valence-corrected chi connectivity index (χ0v) is 18.9. The average Bonchev–Trinajstić information content (AvgIpc) is 3.48. The molecule has 1 atom stereocenters. The third-order valence-corrected chi connectivity index (χ3v) is 6.86. The van der Waals surface area contributed by atoms with Crippen molar-refractivity contribution in [3.63, 3.8) is 0 Å². The van der Waals surface area contributed by atoms with Crippen LogP contribution in [0, 0.1) is 17.2 Å². The van der Waals surface area contributed by atoms with Crippen LogP contribution in [0.25, 0.3) is 22.1 Å². The van der Waals surface area contributed by atoms with Crippen LogP contribution in [-0.2, 0) is 11.2 Å². The quantitative estimate of drug-likeness (QED) is 0.389. The number of aromatic nitrogens is 4. The van der Waals surface area contributed by atoms with Crippen LogP contribution >= 0.6 is 0 Å². The normalized spacial score (nSPS) is 19.2. The number of carbonyl (C=O) groups is 1. The minimum atomic E-state index is -0.761. The number of pyridine rings is 1. The lowest BCUT2D eigenvalue weighted by atomic mass is 9.84. The molecule has 174 valence electrons. The Bertz CT molecular complexity index is 1330. The summed E-state index contributed by atoms with van der Waals surface area (Å²) < 4.78 is 2.23. The molecule has 0 aliphatic heterocycles. The first kappa shape index (κ1) is 22.1. The first-order valence-corrected chi connectivity index (χ1v) is 11.8. The van der Waals surface area contributed by atoms with Crippen molar-refractivity contribution in [2.24, 2.45) is 5.92 Å². The van der Waals surface area contributed by atoms with E-state index in [2.05, 4.69) is 25.9 Å². The molecule has 8 heteroatoms. The molecule has 0 saturated heterocycles. The summed E-state index contributed by atoms with van der Waals surface area (Å²) in [6.07, 6.45) is 7.48. The molecule has 8 nitrogen and oxygen atoms in total. The minimum Gasteiger partial charge on any atom is -0.387 e. The molecule has 1 unspecified atom stereocenters. The van der Waals surface area contributed by atoms with Gasteiger partial charge in [-0.2, -0.15) is 5.26 Å². The SMILES string of the molecule is N#CCC1CCC(n2c(CC(=O)NCC(O)c3ccccc3)nc3cnc4[nH]ccc4c32)CC1. The maximum atomic E-state index is 12.9. The molecule has 0 spiro atoms. The summed E-state index contributed by atoms with van der Waals surface area (Å²) in [5, 5.41) is 23.3. The molecule has 1 aliphatic rings. The molecule has 1 aliphatic carbocycles. The van der Waals surface area contributed by atoms with Crippen LogP contribution in [0.5, 0.6) is 0 Å². The highest BCUT2D eigenvalue weighted by Crippen LogP contribution is 2.38. The number of carbonyl (C=O) groups excluding carboxylic acids is 1. The summed E-state index contributed by atoms with van der Waals surface area (Å²) in [7, 11) is 0. The van der Waals surface area contributed by atoms with E-state index in [4.69, 9.17) is 10.2 Å². The molecule has 3 N–H and O–H groups in total. The highest BCUT2D eigenvalue weighted by atomic mass is 16.3. The number of hydrogen-bond acceptors (Lipinski definition) is 5. The molecule has 0 bridgehead atoms. The summed E-state index contributed by atoms with van der Waals surface area (Å²) in [6.45, 7) is 0.145. The number of nitrogens with zero attached hydrogens (tertiary/aromatic N) is 4. The number of rotatable bonds is 7. The zero-order chi connectivity index (χ0) is 23.5. The van der Waals surface area contributed by atoms with Crippen molar-refractivity contribution in [2.45, 2.75) is 50.7 Å². The Labute approximate surface area is 197 Å². The van der Waals surface area contributed by atoms with Gasteiger partial charge in [0.25, 0.3) is 0 Å². The lowest BCUT2D eigenvalue weighted by molar-refractivity contribution is -0.121. The number of aliphatic hydroxyl groups excluding tert-OH is 1. The van der Waals surface area contributed by atoms with E-state index in [-0.39, 0.29) is 24.9 Å². The number of nitrogens with one attached hydrogen (secondary N) is 2. The van der Waals surface area contributed by atoms with Gasteiger partial charge in [-0.3, -0.25) is 4.79 Å². The zero-order valence-electron chi connectivity index (χ0n) is 18.9. The number of imidazole rings is 1. The van der Waals surface area contributed by atoms with E-state index in [1.165, 1.54) is 0 Å². The number of aromatic amines is 1. The van der Waals surface area contributed by atoms with Crippen LogP contribution in [0.2, 0.25) is 0 Å². The van der Waals surface area contributed by atoms with Gasteiger partial charge < -0.3 is 20.0 Å². The van der Waals surface area contributed by atoms with E-state index in [0.29, 0.717) is 18.2 Å². The number of fused-ring (bicyclic) bond motifs is 3. The highest BCUT2D eigenvalue weighted by Gasteiger charge is 2.27. The van der Waals surface area contributed by atoms with Crippen LogP contribution in [-0.4, -0.2) is 37.1 Å². The van der Waals surface area contributed by atoms with E-state index in [1.54, 1.807) is 6.20 Å². The van der Waals surface area contributed by atoms with Gasteiger partial charge in [-0.1, -0.05) is 30.3 Å². The molecule has 34 heavy (non-hydrogen) atoms. The van der Waals surface area contributed by atoms with Gasteiger partial charge in [0.2, 0.25) is 5.91 Å². The fourth-order valence-corrected chi connectivity index (χ4v) is 5.10. The number of nitriles is 1. The predicted molar refractivity (Wildman–Crippen MR) is 129 cm³/mol. The molecule has 3 heterocycles. The van der Waals surface area contributed by atoms with Gasteiger partial charge in [-0.25, -0.2) is 9.97 Å². The van der Waals surface area contributed by atoms with E-state index < -0.39 is 6.10 Å². The Morgan fingerprint density at radius 1 is 1.24 bits per heavy atom. The summed E-state index contributed by atoms with van der Waals surface area (Å²) in [4.78, 5) is 25.3. The second-order valence-corrected chi connectivity index (χ2v) is 9.07. The molecule has 3 aromatic heterocycles. The minimum absolute atomic E-state index is 0.125. The number of H-pyrrole nitrogens is 1. The van der Waals surface area contributed by atoms with Crippen LogP contribution in [0.15, 0.2) is 48.8 Å². The van der Waals surface area contributed by atoms with Gasteiger partial charge in [-0.15, -0.1) is 0 Å². The summed E-state index contributed by atoms with van der Waals surface area (Å²) in [6, 6.07) is 13.8. The van der Waals surface area contributed by atoms with Crippen molar-refractivity contribution in [2.75, 3.05) is 6.54 Å². The van der Waals surface area contributed by atoms with Gasteiger partial charge >= 0.3 is 0 Å². The van der Waals surface area contributed by atoms with Crippen LogP contribution in [0.3, 0.4) is 0 Å². The van der Waals surface area contributed by atoms with Crippen molar-refractivity contribution in [3.8, 4) is 6.07 Å². The number of amides is 1. The topological polar surface area (TPSA) is 120 Å². The fourth-order valence-electron chi connectivity index (χ4n) is 5.10. The van der Waals surface area contributed by atoms with Crippen LogP contribution in [0.1, 0.15) is 55.6 Å². The number of aliphatic hydroxyl groups is 1. The van der Waals surface area contributed by atoms with E-state index in [1.807, 2.05) is 42.6 Å². The van der Waals surface area contributed by atoms with E-state index in [0.717, 1.165) is 53.3 Å². The molecule has 4 aromatic rings. The molecule has 0 radical (unpaired) electrons. The Kier molecular flexibility index (Phi) is 6.28. The van der Waals surface area contributed by atoms with Crippen molar-refractivity contribution in [1.29, 1.82) is 5.26 Å². The average molecular weight is 457 g/mol. The first-order valence-electron chi connectivity index (χ1n) is 11.8. The van der Waals surface area contributed by atoms with Crippen molar-refractivity contribution < 1.29 is 9.90 Å². The fraction of sp³-hybridized carbons (Fsp3) is 0.385. The Morgan fingerprint density at radius 2 is 2.03 bits per heavy atom. The highest BCUT2D eigenvalue weighted by molar-refractivity contribution is 6.01. The number of benzene rings is 1. The van der Waals surface area contributed by atoms with Gasteiger partial charge in [-0.05, 0) is 43.2 Å². The van der Waals surface area contributed by atoms with E-state index >= 15 is 0 Å². The van der Waals surface area contributed by atoms with Crippen molar-refractivity contribution in [3.05, 3.63) is 60.2 Å². The van der Waals surface area contributed by atoms with Crippen molar-refractivity contribution >= 4 is 28.0 Å². The monoisotopic (exact) mass is 456 g/mol. The maximum absolute atomic E-state index is 12.9. The molecule has 1 saturated carbocycles. The number of hydrogen-bond donors (Lipinski definition) is 3. The van der Waals surface area contributed by atoms with Gasteiger partial charge in [0.1, 0.15) is 17.0 Å².